The highest BCUT2D eigenvalue weighted by Gasteiger charge is 2.20. The molecule has 1 aromatic rings. The van der Waals surface area contributed by atoms with Crippen molar-refractivity contribution in [3.8, 4) is 0 Å². The predicted octanol–water partition coefficient (Wildman–Crippen LogP) is 2.94. The van der Waals surface area contributed by atoms with Gasteiger partial charge < -0.3 is 10.2 Å². The summed E-state index contributed by atoms with van der Waals surface area (Å²) in [4.78, 5) is 13.9. The zero-order valence-electron chi connectivity index (χ0n) is 14.5. The lowest BCUT2D eigenvalue weighted by atomic mass is 9.92. The number of hydrogen-bond donors (Lipinski definition) is 2. The third kappa shape index (κ3) is 4.33. The summed E-state index contributed by atoms with van der Waals surface area (Å²) in [7, 11) is 0. The summed E-state index contributed by atoms with van der Waals surface area (Å²) >= 11 is 0. The van der Waals surface area contributed by atoms with E-state index in [-0.39, 0.29) is 5.91 Å². The Kier molecular flexibility index (Phi) is 6.01. The highest BCUT2D eigenvalue weighted by molar-refractivity contribution is 5.93. The lowest BCUT2D eigenvalue weighted by Crippen LogP contribution is -3.13. The van der Waals surface area contributed by atoms with Gasteiger partial charge in [-0.05, 0) is 42.2 Å². The summed E-state index contributed by atoms with van der Waals surface area (Å²) in [5.74, 6) is 0.986. The second-order valence-corrected chi connectivity index (χ2v) is 7.16. The van der Waals surface area contributed by atoms with Crippen LogP contribution in [0.2, 0.25) is 0 Å². The second kappa shape index (κ2) is 7.77. The minimum Gasteiger partial charge on any atom is -0.327 e. The molecule has 0 atom stereocenters. The van der Waals surface area contributed by atoms with E-state index in [0.717, 1.165) is 18.8 Å². The molecule has 2 N–H and O–H groups in total. The van der Waals surface area contributed by atoms with Crippen LogP contribution in [-0.4, -0.2) is 25.5 Å². The number of benzene rings is 1. The maximum Gasteiger partial charge on any atom is 0.279 e. The smallest absolute Gasteiger partial charge is 0.279 e. The fourth-order valence-electron chi connectivity index (χ4n) is 3.33. The average molecular weight is 303 g/mol. The van der Waals surface area contributed by atoms with Crippen molar-refractivity contribution in [3.63, 3.8) is 0 Å². The largest absolute Gasteiger partial charge is 0.327 e. The molecule has 2 rings (SSSR count). The molecule has 0 bridgehead atoms. The predicted molar refractivity (Wildman–Crippen MR) is 92.7 cm³/mol. The summed E-state index contributed by atoms with van der Waals surface area (Å²) in [6.45, 7) is 11.6. The number of amides is 1. The Labute approximate surface area is 135 Å². The Bertz CT molecular complexity index is 476. The number of para-hydroxylation sites is 1. The number of quaternary nitrogens is 1. The molecule has 0 radical (unpaired) electrons. The minimum atomic E-state index is 0.159. The maximum absolute atomic E-state index is 12.5. The van der Waals surface area contributed by atoms with E-state index in [2.05, 4.69) is 51.2 Å². The van der Waals surface area contributed by atoms with Gasteiger partial charge in [0.2, 0.25) is 0 Å². The van der Waals surface area contributed by atoms with Crippen LogP contribution in [0.1, 0.15) is 69.9 Å². The van der Waals surface area contributed by atoms with E-state index in [1.54, 1.807) is 0 Å². The fourth-order valence-corrected chi connectivity index (χ4v) is 3.33. The molecule has 1 fully saturated rings. The molecule has 0 aromatic heterocycles. The molecule has 1 heterocycles. The quantitative estimate of drug-likeness (QED) is 0.861. The van der Waals surface area contributed by atoms with Crippen molar-refractivity contribution < 1.29 is 9.69 Å². The standard InChI is InChI=1S/C19H30N2O/c1-14(2)16-9-8-10-17(15(3)4)19(16)20-18(22)13-21-11-6-5-7-12-21/h8-10,14-15H,5-7,11-13H2,1-4H3,(H,20,22)/p+1. The zero-order chi connectivity index (χ0) is 16.1. The van der Waals surface area contributed by atoms with E-state index in [9.17, 15) is 4.79 Å². The van der Waals surface area contributed by atoms with E-state index in [1.165, 1.54) is 35.3 Å². The Balaban J connectivity index is 2.14. The van der Waals surface area contributed by atoms with Crippen molar-refractivity contribution in [1.29, 1.82) is 0 Å². The number of hydrogen-bond acceptors (Lipinski definition) is 1. The summed E-state index contributed by atoms with van der Waals surface area (Å²) in [5.41, 5.74) is 3.54. The number of rotatable bonds is 5. The molecule has 122 valence electrons. The maximum atomic E-state index is 12.5. The minimum absolute atomic E-state index is 0.159. The van der Waals surface area contributed by atoms with Crippen LogP contribution >= 0.6 is 0 Å². The number of carbonyl (C=O) groups excluding carboxylic acids is 1. The van der Waals surface area contributed by atoms with Gasteiger partial charge in [-0.2, -0.15) is 0 Å². The number of piperidine rings is 1. The van der Waals surface area contributed by atoms with Gasteiger partial charge in [-0.25, -0.2) is 0 Å². The van der Waals surface area contributed by atoms with Gasteiger partial charge in [0, 0.05) is 5.69 Å². The van der Waals surface area contributed by atoms with Gasteiger partial charge in [0.15, 0.2) is 6.54 Å². The third-order valence-electron chi connectivity index (χ3n) is 4.61. The lowest BCUT2D eigenvalue weighted by Gasteiger charge is -2.24. The molecule has 0 unspecified atom stereocenters. The van der Waals surface area contributed by atoms with Crippen molar-refractivity contribution in [2.45, 2.75) is 58.8 Å². The molecule has 1 saturated heterocycles. The van der Waals surface area contributed by atoms with E-state index < -0.39 is 0 Å². The Hall–Kier alpha value is -1.35. The van der Waals surface area contributed by atoms with Crippen LogP contribution in [-0.2, 0) is 4.79 Å². The number of likely N-dealkylation sites (tertiary alicyclic amines) is 1. The molecule has 0 saturated carbocycles. The Morgan fingerprint density at radius 3 is 2.09 bits per heavy atom. The van der Waals surface area contributed by atoms with E-state index in [1.807, 2.05) is 0 Å². The van der Waals surface area contributed by atoms with Crippen LogP contribution in [0.5, 0.6) is 0 Å². The SMILES string of the molecule is CC(C)c1cccc(C(C)C)c1NC(=O)C[NH+]1CCCCC1. The Morgan fingerprint density at radius 1 is 1.05 bits per heavy atom. The lowest BCUT2D eigenvalue weighted by molar-refractivity contribution is -0.896. The summed E-state index contributed by atoms with van der Waals surface area (Å²) in [5, 5.41) is 3.23. The first kappa shape index (κ1) is 17.0. The molecule has 1 aliphatic heterocycles. The summed E-state index contributed by atoms with van der Waals surface area (Å²) in [6.07, 6.45) is 3.82. The van der Waals surface area contributed by atoms with Crippen molar-refractivity contribution in [2.75, 3.05) is 25.0 Å². The van der Waals surface area contributed by atoms with E-state index in [0.29, 0.717) is 18.4 Å². The van der Waals surface area contributed by atoms with Crippen molar-refractivity contribution in [3.05, 3.63) is 29.3 Å². The van der Waals surface area contributed by atoms with Gasteiger partial charge in [-0.3, -0.25) is 4.79 Å². The van der Waals surface area contributed by atoms with Crippen LogP contribution in [0, 0.1) is 0 Å². The third-order valence-corrected chi connectivity index (χ3v) is 4.61. The van der Waals surface area contributed by atoms with Crippen molar-refractivity contribution >= 4 is 11.6 Å². The molecule has 1 aromatic carbocycles. The Morgan fingerprint density at radius 2 is 1.59 bits per heavy atom. The molecule has 3 heteroatoms. The average Bonchev–Trinajstić information content (AvgIpc) is 2.47. The van der Waals surface area contributed by atoms with Crippen LogP contribution in [0.3, 0.4) is 0 Å². The highest BCUT2D eigenvalue weighted by Crippen LogP contribution is 2.32. The highest BCUT2D eigenvalue weighted by atomic mass is 16.2. The molecule has 22 heavy (non-hydrogen) atoms. The van der Waals surface area contributed by atoms with Crippen LogP contribution in [0.4, 0.5) is 5.69 Å². The van der Waals surface area contributed by atoms with Crippen molar-refractivity contribution in [2.24, 2.45) is 0 Å². The van der Waals surface area contributed by atoms with Gasteiger partial charge >= 0.3 is 0 Å². The molecule has 1 aliphatic rings. The molecule has 0 spiro atoms. The molecular formula is C19H31N2O+. The second-order valence-electron chi connectivity index (χ2n) is 7.16. The first-order chi connectivity index (χ1) is 10.5. The van der Waals surface area contributed by atoms with Crippen molar-refractivity contribution in [1.82, 2.24) is 0 Å². The van der Waals surface area contributed by atoms with Crippen LogP contribution < -0.4 is 10.2 Å². The molecule has 3 nitrogen and oxygen atoms in total. The monoisotopic (exact) mass is 303 g/mol. The normalized spacial score (nSPS) is 16.3. The van der Waals surface area contributed by atoms with Gasteiger partial charge in [-0.15, -0.1) is 0 Å². The van der Waals surface area contributed by atoms with Gasteiger partial charge in [0.05, 0.1) is 13.1 Å². The summed E-state index contributed by atoms with van der Waals surface area (Å²) in [6, 6.07) is 6.38. The number of carbonyl (C=O) groups is 1. The number of anilines is 1. The molecule has 1 amide bonds. The van der Waals surface area contributed by atoms with Crippen LogP contribution in [0.15, 0.2) is 18.2 Å². The van der Waals surface area contributed by atoms with E-state index in [4.69, 9.17) is 0 Å². The fraction of sp³-hybridized carbons (Fsp3) is 0.632. The van der Waals surface area contributed by atoms with Gasteiger partial charge in [-0.1, -0.05) is 45.9 Å². The molecule has 0 aliphatic carbocycles. The zero-order valence-corrected chi connectivity index (χ0v) is 14.5. The first-order valence-corrected chi connectivity index (χ1v) is 8.75. The summed E-state index contributed by atoms with van der Waals surface area (Å²) < 4.78 is 0. The van der Waals surface area contributed by atoms with Crippen LogP contribution in [0.25, 0.3) is 0 Å². The number of nitrogens with one attached hydrogen (secondary N) is 2. The van der Waals surface area contributed by atoms with Gasteiger partial charge in [0.1, 0.15) is 0 Å². The van der Waals surface area contributed by atoms with Gasteiger partial charge in [0.25, 0.3) is 5.91 Å². The molecular weight excluding hydrogens is 272 g/mol. The van der Waals surface area contributed by atoms with E-state index >= 15 is 0 Å². The topological polar surface area (TPSA) is 33.5 Å². The first-order valence-electron chi connectivity index (χ1n) is 8.75.